The number of nitrogens with one attached hydrogen (secondary N) is 2. The molecular weight excluding hydrogens is 216 g/mol. The molecule has 1 aromatic carbocycles. The molecule has 1 aromatic rings. The van der Waals surface area contributed by atoms with Crippen molar-refractivity contribution in [2.24, 2.45) is 5.92 Å². The maximum Gasteiger partial charge on any atom is 0.315 e. The first-order valence-corrected chi connectivity index (χ1v) is 5.72. The third-order valence-electron chi connectivity index (χ3n) is 3.17. The van der Waals surface area contributed by atoms with E-state index in [1.165, 1.54) is 0 Å². The molecule has 2 N–H and O–H groups in total. The largest absolute Gasteiger partial charge is 0.335 e. The van der Waals surface area contributed by atoms with Gasteiger partial charge in [0.1, 0.15) is 5.78 Å². The van der Waals surface area contributed by atoms with Crippen LogP contribution >= 0.6 is 0 Å². The number of hydrogen-bond donors (Lipinski definition) is 2. The first-order chi connectivity index (χ1) is 8.09. The van der Waals surface area contributed by atoms with Crippen molar-refractivity contribution in [1.82, 2.24) is 10.6 Å². The number of benzene rings is 1. The van der Waals surface area contributed by atoms with Gasteiger partial charge in [0.2, 0.25) is 0 Å². The third-order valence-corrected chi connectivity index (χ3v) is 3.17. The van der Waals surface area contributed by atoms with Crippen LogP contribution in [0.3, 0.4) is 0 Å². The summed E-state index contributed by atoms with van der Waals surface area (Å²) < 4.78 is 0. The van der Waals surface area contributed by atoms with Crippen molar-refractivity contribution < 1.29 is 9.59 Å². The fourth-order valence-corrected chi connectivity index (χ4v) is 2.40. The van der Waals surface area contributed by atoms with Crippen LogP contribution in [-0.4, -0.2) is 17.9 Å². The van der Waals surface area contributed by atoms with Gasteiger partial charge in [0.25, 0.3) is 0 Å². The van der Waals surface area contributed by atoms with Gasteiger partial charge in [0, 0.05) is 6.04 Å². The highest BCUT2D eigenvalue weighted by Gasteiger charge is 2.37. The lowest BCUT2D eigenvalue weighted by atomic mass is 9.83. The van der Waals surface area contributed by atoms with E-state index in [9.17, 15) is 9.59 Å². The molecule has 90 valence electrons. The van der Waals surface area contributed by atoms with Gasteiger partial charge in [-0.05, 0) is 19.4 Å². The quantitative estimate of drug-likeness (QED) is 0.814. The summed E-state index contributed by atoms with van der Waals surface area (Å²) in [6.45, 7) is 3.43. The van der Waals surface area contributed by atoms with Gasteiger partial charge in [-0.1, -0.05) is 30.3 Å². The van der Waals surface area contributed by atoms with Crippen LogP contribution in [0, 0.1) is 5.92 Å². The van der Waals surface area contributed by atoms with Gasteiger partial charge in [0.05, 0.1) is 12.0 Å². The summed E-state index contributed by atoms with van der Waals surface area (Å²) >= 11 is 0. The highest BCUT2D eigenvalue weighted by molar-refractivity contribution is 5.85. The second kappa shape index (κ2) is 4.57. The molecule has 1 saturated heterocycles. The molecule has 3 unspecified atom stereocenters. The van der Waals surface area contributed by atoms with Crippen molar-refractivity contribution in [2.75, 3.05) is 0 Å². The molecule has 0 aromatic heterocycles. The molecule has 4 heteroatoms. The van der Waals surface area contributed by atoms with E-state index in [1.54, 1.807) is 6.92 Å². The molecule has 2 rings (SSSR count). The summed E-state index contributed by atoms with van der Waals surface area (Å²) in [4.78, 5) is 23.2. The summed E-state index contributed by atoms with van der Waals surface area (Å²) in [7, 11) is 0. The maximum absolute atomic E-state index is 11.7. The van der Waals surface area contributed by atoms with Crippen LogP contribution in [0.25, 0.3) is 0 Å². The Bertz CT molecular complexity index is 430. The summed E-state index contributed by atoms with van der Waals surface area (Å²) in [5.41, 5.74) is 0.967. The van der Waals surface area contributed by atoms with E-state index in [2.05, 4.69) is 10.6 Å². The highest BCUT2D eigenvalue weighted by Crippen LogP contribution is 2.28. The van der Waals surface area contributed by atoms with E-state index >= 15 is 0 Å². The first-order valence-electron chi connectivity index (χ1n) is 5.72. The molecule has 17 heavy (non-hydrogen) atoms. The fourth-order valence-electron chi connectivity index (χ4n) is 2.40. The number of Topliss-reactive ketones (excluding diaryl/α,β-unsaturated/α-hetero) is 1. The number of carbonyl (C=O) groups is 2. The van der Waals surface area contributed by atoms with Gasteiger partial charge in [-0.25, -0.2) is 4.79 Å². The number of amides is 2. The fraction of sp³-hybridized carbons (Fsp3) is 0.385. The molecule has 4 nitrogen and oxygen atoms in total. The molecule has 0 bridgehead atoms. The number of ketones is 1. The molecule has 1 heterocycles. The lowest BCUT2D eigenvalue weighted by Gasteiger charge is -2.36. The van der Waals surface area contributed by atoms with Crippen molar-refractivity contribution in [3.63, 3.8) is 0 Å². The van der Waals surface area contributed by atoms with Crippen molar-refractivity contribution >= 4 is 11.8 Å². The van der Waals surface area contributed by atoms with Crippen LogP contribution in [0.2, 0.25) is 0 Å². The van der Waals surface area contributed by atoms with Gasteiger partial charge in [-0.2, -0.15) is 0 Å². The minimum absolute atomic E-state index is 0.0823. The zero-order valence-corrected chi connectivity index (χ0v) is 9.94. The Balaban J connectivity index is 2.34. The van der Waals surface area contributed by atoms with Crippen LogP contribution in [-0.2, 0) is 4.79 Å². The van der Waals surface area contributed by atoms with Gasteiger partial charge in [-0.3, -0.25) is 4.79 Å². The molecule has 0 spiro atoms. The van der Waals surface area contributed by atoms with Crippen LogP contribution in [0.4, 0.5) is 4.79 Å². The van der Waals surface area contributed by atoms with E-state index in [4.69, 9.17) is 0 Å². The minimum atomic E-state index is -0.238. The summed E-state index contributed by atoms with van der Waals surface area (Å²) in [5.74, 6) is -0.144. The van der Waals surface area contributed by atoms with Crippen molar-refractivity contribution in [3.05, 3.63) is 35.9 Å². The Morgan fingerprint density at radius 2 is 1.82 bits per heavy atom. The van der Waals surface area contributed by atoms with Crippen LogP contribution < -0.4 is 10.6 Å². The predicted molar refractivity (Wildman–Crippen MR) is 64.5 cm³/mol. The van der Waals surface area contributed by atoms with Gasteiger partial charge in [0.15, 0.2) is 0 Å². The van der Waals surface area contributed by atoms with Gasteiger partial charge in [-0.15, -0.1) is 0 Å². The van der Waals surface area contributed by atoms with Gasteiger partial charge >= 0.3 is 6.03 Å². The van der Waals surface area contributed by atoms with Crippen molar-refractivity contribution in [1.29, 1.82) is 0 Å². The monoisotopic (exact) mass is 232 g/mol. The molecule has 0 saturated carbocycles. The average molecular weight is 232 g/mol. The summed E-state index contributed by atoms with van der Waals surface area (Å²) in [6.07, 6.45) is 0. The highest BCUT2D eigenvalue weighted by atomic mass is 16.2. The predicted octanol–water partition coefficient (Wildman–Crippen LogP) is 1.63. The Morgan fingerprint density at radius 1 is 1.18 bits per heavy atom. The second-order valence-electron chi connectivity index (χ2n) is 4.43. The van der Waals surface area contributed by atoms with Crippen molar-refractivity contribution in [3.8, 4) is 0 Å². The van der Waals surface area contributed by atoms with E-state index in [0.29, 0.717) is 0 Å². The Hall–Kier alpha value is -1.84. The van der Waals surface area contributed by atoms with E-state index in [-0.39, 0.29) is 29.8 Å². The molecule has 0 aliphatic carbocycles. The molecule has 1 fully saturated rings. The van der Waals surface area contributed by atoms with Crippen LogP contribution in [0.5, 0.6) is 0 Å². The SMILES string of the molecule is CC(=O)C1C(C)NC(=O)NC1c1ccccc1. The van der Waals surface area contributed by atoms with Crippen LogP contribution in [0.1, 0.15) is 25.5 Å². The number of rotatable bonds is 2. The Labute approximate surface area is 100 Å². The normalized spacial score (nSPS) is 28.1. The second-order valence-corrected chi connectivity index (χ2v) is 4.43. The number of urea groups is 1. The molecular formula is C13H16N2O2. The maximum atomic E-state index is 11.7. The Kier molecular flexibility index (Phi) is 3.13. The lowest BCUT2D eigenvalue weighted by Crippen LogP contribution is -2.57. The first kappa shape index (κ1) is 11.6. The summed E-state index contributed by atoms with van der Waals surface area (Å²) in [5, 5.41) is 5.56. The van der Waals surface area contributed by atoms with Crippen molar-refractivity contribution in [2.45, 2.75) is 25.9 Å². The minimum Gasteiger partial charge on any atom is -0.335 e. The zero-order chi connectivity index (χ0) is 12.4. The molecule has 1 aliphatic rings. The lowest BCUT2D eigenvalue weighted by molar-refractivity contribution is -0.122. The van der Waals surface area contributed by atoms with Gasteiger partial charge < -0.3 is 10.6 Å². The van der Waals surface area contributed by atoms with E-state index < -0.39 is 0 Å². The zero-order valence-electron chi connectivity index (χ0n) is 9.94. The Morgan fingerprint density at radius 3 is 2.41 bits per heavy atom. The summed E-state index contributed by atoms with van der Waals surface area (Å²) in [6, 6.07) is 8.99. The third kappa shape index (κ3) is 2.30. The number of hydrogen-bond acceptors (Lipinski definition) is 2. The van der Waals surface area contributed by atoms with E-state index in [1.807, 2.05) is 37.3 Å². The average Bonchev–Trinajstić information content (AvgIpc) is 2.28. The standard InChI is InChI=1S/C13H16N2O2/c1-8-11(9(2)16)12(15-13(17)14-8)10-6-4-3-5-7-10/h3-8,11-12H,1-2H3,(H2,14,15,17). The molecule has 2 amide bonds. The topological polar surface area (TPSA) is 58.2 Å². The van der Waals surface area contributed by atoms with E-state index in [0.717, 1.165) is 5.56 Å². The molecule has 0 radical (unpaired) electrons. The smallest absolute Gasteiger partial charge is 0.315 e. The number of carbonyl (C=O) groups excluding carboxylic acids is 2. The van der Waals surface area contributed by atoms with Crippen LogP contribution in [0.15, 0.2) is 30.3 Å². The molecule has 3 atom stereocenters. The molecule has 1 aliphatic heterocycles.